The SMILES string of the molecule is CC(C)CC(NC(=O)CCS(C)(=O)=O)c1ccccc1. The number of hydrogen-bond acceptors (Lipinski definition) is 3. The van der Waals surface area contributed by atoms with Crippen LogP contribution < -0.4 is 5.32 Å². The van der Waals surface area contributed by atoms with Crippen molar-refractivity contribution in [2.75, 3.05) is 12.0 Å². The normalized spacial score (nSPS) is 13.2. The van der Waals surface area contributed by atoms with Crippen molar-refractivity contribution in [3.8, 4) is 0 Å². The van der Waals surface area contributed by atoms with Crippen LogP contribution in [0.1, 0.15) is 38.3 Å². The monoisotopic (exact) mass is 297 g/mol. The van der Waals surface area contributed by atoms with Crippen LogP contribution in [0.3, 0.4) is 0 Å². The molecule has 0 aliphatic heterocycles. The molecule has 1 atom stereocenters. The molecule has 0 aliphatic rings. The Labute approximate surface area is 121 Å². The molecule has 1 aromatic carbocycles. The molecule has 1 rings (SSSR count). The number of benzene rings is 1. The lowest BCUT2D eigenvalue weighted by Gasteiger charge is -2.21. The number of amides is 1. The van der Waals surface area contributed by atoms with E-state index in [1.165, 1.54) is 0 Å². The highest BCUT2D eigenvalue weighted by Gasteiger charge is 2.16. The molecule has 0 aromatic heterocycles. The molecule has 0 bridgehead atoms. The van der Waals surface area contributed by atoms with Gasteiger partial charge in [0, 0.05) is 12.7 Å². The van der Waals surface area contributed by atoms with E-state index < -0.39 is 9.84 Å². The van der Waals surface area contributed by atoms with Crippen molar-refractivity contribution in [1.82, 2.24) is 5.32 Å². The summed E-state index contributed by atoms with van der Waals surface area (Å²) in [7, 11) is -3.10. The first-order valence-corrected chi connectivity index (χ1v) is 8.86. The van der Waals surface area contributed by atoms with Crippen LogP contribution >= 0.6 is 0 Å². The summed E-state index contributed by atoms with van der Waals surface area (Å²) in [4.78, 5) is 11.9. The molecule has 0 spiro atoms. The lowest BCUT2D eigenvalue weighted by molar-refractivity contribution is -0.121. The number of rotatable bonds is 7. The van der Waals surface area contributed by atoms with Crippen LogP contribution in [-0.2, 0) is 14.6 Å². The van der Waals surface area contributed by atoms with Crippen molar-refractivity contribution >= 4 is 15.7 Å². The number of carbonyl (C=O) groups excluding carboxylic acids is 1. The molecule has 0 fully saturated rings. The zero-order chi connectivity index (χ0) is 15.2. The van der Waals surface area contributed by atoms with E-state index in [2.05, 4.69) is 19.2 Å². The highest BCUT2D eigenvalue weighted by Crippen LogP contribution is 2.21. The first-order chi connectivity index (χ1) is 9.28. The Bertz CT molecular complexity index is 523. The molecule has 0 saturated heterocycles. The minimum Gasteiger partial charge on any atom is -0.349 e. The van der Waals surface area contributed by atoms with Crippen molar-refractivity contribution in [2.24, 2.45) is 5.92 Å². The van der Waals surface area contributed by atoms with Gasteiger partial charge in [0.25, 0.3) is 0 Å². The Morgan fingerprint density at radius 2 is 1.80 bits per heavy atom. The van der Waals surface area contributed by atoms with E-state index in [0.29, 0.717) is 5.92 Å². The number of hydrogen-bond donors (Lipinski definition) is 1. The second kappa shape index (κ2) is 7.43. The van der Waals surface area contributed by atoms with Crippen LogP contribution in [0.5, 0.6) is 0 Å². The average Bonchev–Trinajstić information content (AvgIpc) is 2.35. The second-order valence-electron chi connectivity index (χ2n) is 5.54. The summed E-state index contributed by atoms with van der Waals surface area (Å²) in [6.07, 6.45) is 1.98. The molecule has 4 nitrogen and oxygen atoms in total. The molecule has 1 amide bonds. The van der Waals surface area contributed by atoms with E-state index in [4.69, 9.17) is 0 Å². The van der Waals surface area contributed by atoms with Crippen molar-refractivity contribution in [3.63, 3.8) is 0 Å². The van der Waals surface area contributed by atoms with Gasteiger partial charge in [-0.05, 0) is 17.9 Å². The van der Waals surface area contributed by atoms with Gasteiger partial charge in [-0.2, -0.15) is 0 Å². The Morgan fingerprint density at radius 3 is 2.30 bits per heavy atom. The predicted molar refractivity (Wildman–Crippen MR) is 81.1 cm³/mol. The van der Waals surface area contributed by atoms with Crippen LogP contribution in [0, 0.1) is 5.92 Å². The summed E-state index contributed by atoms with van der Waals surface area (Å²) in [6.45, 7) is 4.19. The standard InChI is InChI=1S/C15H23NO3S/c1-12(2)11-14(13-7-5-4-6-8-13)16-15(17)9-10-20(3,18)19/h4-8,12,14H,9-11H2,1-3H3,(H,16,17). The molecule has 0 radical (unpaired) electrons. The molecule has 0 saturated carbocycles. The summed E-state index contributed by atoms with van der Waals surface area (Å²) in [6, 6.07) is 9.69. The average molecular weight is 297 g/mol. The lowest BCUT2D eigenvalue weighted by Crippen LogP contribution is -2.30. The molecule has 1 N–H and O–H groups in total. The summed E-state index contributed by atoms with van der Waals surface area (Å²) in [5.74, 6) is 0.113. The largest absolute Gasteiger partial charge is 0.349 e. The van der Waals surface area contributed by atoms with Crippen molar-refractivity contribution in [3.05, 3.63) is 35.9 Å². The fourth-order valence-electron chi connectivity index (χ4n) is 1.98. The summed E-state index contributed by atoms with van der Waals surface area (Å²) >= 11 is 0. The molecular formula is C15H23NO3S. The summed E-state index contributed by atoms with van der Waals surface area (Å²) in [5.41, 5.74) is 1.05. The third kappa shape index (κ3) is 6.70. The van der Waals surface area contributed by atoms with Gasteiger partial charge >= 0.3 is 0 Å². The topological polar surface area (TPSA) is 63.2 Å². The maximum Gasteiger partial charge on any atom is 0.221 e. The van der Waals surface area contributed by atoms with E-state index in [0.717, 1.165) is 18.2 Å². The first kappa shape index (κ1) is 16.7. The molecule has 0 heterocycles. The van der Waals surface area contributed by atoms with E-state index in [-0.39, 0.29) is 24.1 Å². The Morgan fingerprint density at radius 1 is 1.20 bits per heavy atom. The molecule has 0 aliphatic carbocycles. The van der Waals surface area contributed by atoms with Crippen LogP contribution in [0.15, 0.2) is 30.3 Å². The van der Waals surface area contributed by atoms with E-state index in [1.54, 1.807) is 0 Å². The Balaban J connectivity index is 2.68. The van der Waals surface area contributed by atoms with Gasteiger partial charge in [0.15, 0.2) is 0 Å². The third-order valence-corrected chi connectivity index (χ3v) is 3.89. The number of carbonyl (C=O) groups is 1. The van der Waals surface area contributed by atoms with Crippen LogP contribution in [0.25, 0.3) is 0 Å². The summed E-state index contributed by atoms with van der Waals surface area (Å²) < 4.78 is 22.2. The highest BCUT2D eigenvalue weighted by molar-refractivity contribution is 7.90. The fourth-order valence-corrected chi connectivity index (χ4v) is 2.54. The van der Waals surface area contributed by atoms with Gasteiger partial charge < -0.3 is 5.32 Å². The predicted octanol–water partition coefficient (Wildman–Crippen LogP) is 2.32. The minimum atomic E-state index is -3.10. The molecule has 20 heavy (non-hydrogen) atoms. The van der Waals surface area contributed by atoms with Crippen molar-refractivity contribution in [2.45, 2.75) is 32.7 Å². The fraction of sp³-hybridized carbons (Fsp3) is 0.533. The second-order valence-corrected chi connectivity index (χ2v) is 7.80. The van der Waals surface area contributed by atoms with Gasteiger partial charge in [-0.25, -0.2) is 8.42 Å². The smallest absolute Gasteiger partial charge is 0.221 e. The van der Waals surface area contributed by atoms with Crippen LogP contribution in [0.4, 0.5) is 0 Å². The van der Waals surface area contributed by atoms with Gasteiger partial charge in [-0.15, -0.1) is 0 Å². The van der Waals surface area contributed by atoms with Gasteiger partial charge in [0.05, 0.1) is 11.8 Å². The van der Waals surface area contributed by atoms with E-state index in [1.807, 2.05) is 30.3 Å². The zero-order valence-electron chi connectivity index (χ0n) is 12.3. The maximum atomic E-state index is 11.9. The van der Waals surface area contributed by atoms with Crippen LogP contribution in [0.2, 0.25) is 0 Å². The zero-order valence-corrected chi connectivity index (χ0v) is 13.1. The van der Waals surface area contributed by atoms with Gasteiger partial charge in [0.2, 0.25) is 5.91 Å². The van der Waals surface area contributed by atoms with E-state index in [9.17, 15) is 13.2 Å². The van der Waals surface area contributed by atoms with Gasteiger partial charge in [-0.1, -0.05) is 44.2 Å². The van der Waals surface area contributed by atoms with Gasteiger partial charge in [0.1, 0.15) is 9.84 Å². The number of sulfone groups is 1. The maximum absolute atomic E-state index is 11.9. The van der Waals surface area contributed by atoms with Crippen molar-refractivity contribution < 1.29 is 13.2 Å². The number of nitrogens with one attached hydrogen (secondary N) is 1. The molecule has 5 heteroatoms. The highest BCUT2D eigenvalue weighted by atomic mass is 32.2. The quantitative estimate of drug-likeness (QED) is 0.840. The molecule has 1 aromatic rings. The first-order valence-electron chi connectivity index (χ1n) is 6.80. The van der Waals surface area contributed by atoms with E-state index >= 15 is 0 Å². The third-order valence-electron chi connectivity index (χ3n) is 2.94. The van der Waals surface area contributed by atoms with Gasteiger partial charge in [-0.3, -0.25) is 4.79 Å². The molecular weight excluding hydrogens is 274 g/mol. The minimum absolute atomic E-state index is 0.0141. The van der Waals surface area contributed by atoms with Crippen molar-refractivity contribution in [1.29, 1.82) is 0 Å². The molecule has 112 valence electrons. The molecule has 1 unspecified atom stereocenters. The van der Waals surface area contributed by atoms with Crippen LogP contribution in [-0.4, -0.2) is 26.3 Å². The Hall–Kier alpha value is -1.36. The Kier molecular flexibility index (Phi) is 6.20. The summed E-state index contributed by atoms with van der Waals surface area (Å²) in [5, 5.41) is 2.93. The lowest BCUT2D eigenvalue weighted by atomic mass is 9.97.